The lowest BCUT2D eigenvalue weighted by molar-refractivity contribution is 0.310. The molecule has 0 spiro atoms. The number of halogens is 2. The molecule has 0 unspecified atom stereocenters. The summed E-state index contributed by atoms with van der Waals surface area (Å²) in [5.41, 5.74) is 2.24. The summed E-state index contributed by atoms with van der Waals surface area (Å²) in [5, 5.41) is 0.631. The van der Waals surface area contributed by atoms with Crippen molar-refractivity contribution in [2.45, 2.75) is 6.61 Å². The molecule has 2 aromatic carbocycles. The second-order valence-electron chi connectivity index (χ2n) is 4.51. The molecule has 0 saturated carbocycles. The van der Waals surface area contributed by atoms with Crippen LogP contribution in [0.1, 0.15) is 4.88 Å². The van der Waals surface area contributed by atoms with Crippen LogP contribution in [0.25, 0.3) is 11.1 Å². The zero-order chi connectivity index (χ0) is 14.7. The predicted octanol–water partition coefficient (Wildman–Crippen LogP) is 6.41. The third-order valence-corrected chi connectivity index (χ3v) is 4.93. The van der Waals surface area contributed by atoms with Gasteiger partial charge in [0.25, 0.3) is 0 Å². The molecule has 0 saturated heterocycles. The Morgan fingerprint density at radius 1 is 0.952 bits per heavy atom. The third kappa shape index (κ3) is 3.67. The fraction of sp³-hybridized carbons (Fsp3) is 0.0588. The molecule has 0 N–H and O–H groups in total. The van der Waals surface area contributed by atoms with E-state index >= 15 is 0 Å². The molecular weight excluding hydrogens is 368 g/mol. The first-order valence-electron chi connectivity index (χ1n) is 6.44. The Labute approximate surface area is 141 Å². The third-order valence-electron chi connectivity index (χ3n) is 3.04. The number of benzene rings is 2. The van der Waals surface area contributed by atoms with Gasteiger partial charge >= 0.3 is 0 Å². The van der Waals surface area contributed by atoms with Gasteiger partial charge in [-0.1, -0.05) is 48.0 Å². The summed E-state index contributed by atoms with van der Waals surface area (Å²) < 4.78 is 6.89. The summed E-state index contributed by atoms with van der Waals surface area (Å²) in [6, 6.07) is 20.1. The highest BCUT2D eigenvalue weighted by molar-refractivity contribution is 9.11. The maximum absolute atomic E-state index is 6.32. The van der Waals surface area contributed by atoms with E-state index in [0.29, 0.717) is 17.4 Å². The van der Waals surface area contributed by atoms with Crippen molar-refractivity contribution in [2.24, 2.45) is 0 Å². The Morgan fingerprint density at radius 3 is 2.43 bits per heavy atom. The maximum atomic E-state index is 6.32. The van der Waals surface area contributed by atoms with Crippen molar-refractivity contribution in [3.8, 4) is 16.9 Å². The van der Waals surface area contributed by atoms with Crippen molar-refractivity contribution in [2.75, 3.05) is 0 Å². The van der Waals surface area contributed by atoms with Crippen molar-refractivity contribution in [3.63, 3.8) is 0 Å². The van der Waals surface area contributed by atoms with Gasteiger partial charge in [0.1, 0.15) is 12.4 Å². The van der Waals surface area contributed by atoms with E-state index in [4.69, 9.17) is 16.3 Å². The van der Waals surface area contributed by atoms with Crippen LogP contribution >= 0.6 is 38.9 Å². The van der Waals surface area contributed by atoms with Crippen LogP contribution in [0.3, 0.4) is 0 Å². The van der Waals surface area contributed by atoms with Gasteiger partial charge in [-0.25, -0.2) is 0 Å². The molecule has 0 bridgehead atoms. The fourth-order valence-electron chi connectivity index (χ4n) is 2.01. The van der Waals surface area contributed by atoms with Crippen LogP contribution in [0.4, 0.5) is 0 Å². The second-order valence-corrected chi connectivity index (χ2v) is 7.46. The predicted molar refractivity (Wildman–Crippen MR) is 93.2 cm³/mol. The molecular formula is C17H12BrClOS. The number of thiophene rings is 1. The van der Waals surface area contributed by atoms with E-state index in [-0.39, 0.29) is 0 Å². The molecule has 1 aromatic heterocycles. The summed E-state index contributed by atoms with van der Waals surface area (Å²) in [7, 11) is 0. The van der Waals surface area contributed by atoms with Gasteiger partial charge in [0.2, 0.25) is 0 Å². The molecule has 0 fully saturated rings. The summed E-state index contributed by atoms with van der Waals surface area (Å²) in [6.45, 7) is 0.528. The Balaban J connectivity index is 1.75. The van der Waals surface area contributed by atoms with E-state index in [1.807, 2.05) is 48.5 Å². The van der Waals surface area contributed by atoms with Crippen LogP contribution < -0.4 is 4.74 Å². The normalized spacial score (nSPS) is 10.6. The van der Waals surface area contributed by atoms with Crippen LogP contribution in [-0.2, 0) is 6.61 Å². The van der Waals surface area contributed by atoms with Gasteiger partial charge in [0, 0.05) is 4.88 Å². The highest BCUT2D eigenvalue weighted by Crippen LogP contribution is 2.31. The van der Waals surface area contributed by atoms with Crippen molar-refractivity contribution >= 4 is 38.9 Å². The summed E-state index contributed by atoms with van der Waals surface area (Å²) in [6.07, 6.45) is 0. The topological polar surface area (TPSA) is 9.23 Å². The lowest BCUT2D eigenvalue weighted by Gasteiger charge is -2.09. The van der Waals surface area contributed by atoms with Gasteiger partial charge in [-0.2, -0.15) is 0 Å². The first-order valence-corrected chi connectivity index (χ1v) is 8.43. The molecule has 1 heterocycles. The molecule has 0 radical (unpaired) electrons. The molecule has 4 heteroatoms. The Morgan fingerprint density at radius 2 is 1.76 bits per heavy atom. The molecule has 21 heavy (non-hydrogen) atoms. The van der Waals surface area contributed by atoms with Crippen LogP contribution in [0, 0.1) is 0 Å². The molecule has 0 aliphatic heterocycles. The van der Waals surface area contributed by atoms with E-state index in [0.717, 1.165) is 19.8 Å². The van der Waals surface area contributed by atoms with Crippen LogP contribution in [0.5, 0.6) is 5.75 Å². The van der Waals surface area contributed by atoms with E-state index in [2.05, 4.69) is 28.1 Å². The molecule has 0 amide bonds. The Bertz CT molecular complexity index is 740. The molecule has 3 rings (SSSR count). The average Bonchev–Trinajstić information content (AvgIpc) is 2.92. The molecule has 0 aliphatic carbocycles. The van der Waals surface area contributed by atoms with Gasteiger partial charge in [-0.15, -0.1) is 11.3 Å². The largest absolute Gasteiger partial charge is 0.487 e. The van der Waals surface area contributed by atoms with Gasteiger partial charge < -0.3 is 4.74 Å². The zero-order valence-corrected chi connectivity index (χ0v) is 14.2. The number of hydrogen-bond acceptors (Lipinski definition) is 2. The second kappa shape index (κ2) is 6.65. The Hall–Kier alpha value is -1.29. The first kappa shape index (κ1) is 14.6. The monoisotopic (exact) mass is 378 g/mol. The minimum atomic E-state index is 0.528. The number of rotatable bonds is 4. The van der Waals surface area contributed by atoms with Gasteiger partial charge in [-0.3, -0.25) is 0 Å². The standard InChI is InChI=1S/C17H12BrClOS/c18-17-9-7-14(21-17)11-20-16-8-6-13(10-15(16)19)12-4-2-1-3-5-12/h1-10H,11H2. The van der Waals surface area contributed by atoms with Gasteiger partial charge in [-0.05, 0) is 51.3 Å². The number of ether oxygens (including phenoxy) is 1. The highest BCUT2D eigenvalue weighted by Gasteiger charge is 2.06. The quantitative estimate of drug-likeness (QED) is 0.509. The maximum Gasteiger partial charge on any atom is 0.138 e. The summed E-state index contributed by atoms with van der Waals surface area (Å²) in [4.78, 5) is 1.16. The van der Waals surface area contributed by atoms with Crippen molar-refractivity contribution in [1.29, 1.82) is 0 Å². The van der Waals surface area contributed by atoms with E-state index in [1.54, 1.807) is 11.3 Å². The molecule has 106 valence electrons. The average molecular weight is 380 g/mol. The minimum Gasteiger partial charge on any atom is -0.487 e. The molecule has 0 atom stereocenters. The van der Waals surface area contributed by atoms with Crippen molar-refractivity contribution in [3.05, 3.63) is 74.3 Å². The van der Waals surface area contributed by atoms with E-state index in [1.165, 1.54) is 0 Å². The smallest absolute Gasteiger partial charge is 0.138 e. The van der Waals surface area contributed by atoms with E-state index < -0.39 is 0 Å². The minimum absolute atomic E-state index is 0.528. The van der Waals surface area contributed by atoms with Crippen molar-refractivity contribution in [1.82, 2.24) is 0 Å². The SMILES string of the molecule is Clc1cc(-c2ccccc2)ccc1OCc1ccc(Br)s1. The summed E-state index contributed by atoms with van der Waals surface area (Å²) in [5.74, 6) is 0.709. The molecule has 3 aromatic rings. The number of hydrogen-bond donors (Lipinski definition) is 0. The Kier molecular flexibility index (Phi) is 4.63. The van der Waals surface area contributed by atoms with Crippen LogP contribution in [-0.4, -0.2) is 0 Å². The van der Waals surface area contributed by atoms with Crippen molar-refractivity contribution < 1.29 is 4.74 Å². The summed E-state index contributed by atoms with van der Waals surface area (Å²) >= 11 is 11.4. The van der Waals surface area contributed by atoms with Gasteiger partial charge in [0.15, 0.2) is 0 Å². The zero-order valence-electron chi connectivity index (χ0n) is 11.1. The van der Waals surface area contributed by atoms with Gasteiger partial charge in [0.05, 0.1) is 8.81 Å². The fourth-order valence-corrected chi connectivity index (χ4v) is 3.64. The lowest BCUT2D eigenvalue weighted by Crippen LogP contribution is -1.93. The van der Waals surface area contributed by atoms with Crippen LogP contribution in [0.15, 0.2) is 64.5 Å². The molecule has 1 nitrogen and oxygen atoms in total. The van der Waals surface area contributed by atoms with Crippen LogP contribution in [0.2, 0.25) is 5.02 Å². The lowest BCUT2D eigenvalue weighted by atomic mass is 10.1. The highest BCUT2D eigenvalue weighted by atomic mass is 79.9. The molecule has 0 aliphatic rings. The van der Waals surface area contributed by atoms with E-state index in [9.17, 15) is 0 Å². The first-order chi connectivity index (χ1) is 10.2.